The van der Waals surface area contributed by atoms with Crippen molar-refractivity contribution in [3.63, 3.8) is 0 Å². The van der Waals surface area contributed by atoms with E-state index in [1.54, 1.807) is 49.4 Å². The molecule has 1 N–H and O–H groups in total. The zero-order valence-corrected chi connectivity index (χ0v) is 19.6. The summed E-state index contributed by atoms with van der Waals surface area (Å²) in [4.78, 5) is 26.3. The fourth-order valence-electron chi connectivity index (χ4n) is 3.83. The first-order chi connectivity index (χ1) is 15.8. The first-order valence-corrected chi connectivity index (χ1v) is 12.4. The number of rotatable bonds is 6. The Morgan fingerprint density at radius 2 is 1.61 bits per heavy atom. The van der Waals surface area contributed by atoms with Gasteiger partial charge in [0.05, 0.1) is 10.6 Å². The average Bonchev–Trinajstić information content (AvgIpc) is 3.36. The number of amides is 1. The summed E-state index contributed by atoms with van der Waals surface area (Å²) in [5.74, 6) is -0.786. The van der Waals surface area contributed by atoms with Crippen molar-refractivity contribution in [2.45, 2.75) is 24.7 Å². The second-order valence-electron chi connectivity index (χ2n) is 7.93. The van der Waals surface area contributed by atoms with Crippen LogP contribution in [0.5, 0.6) is 0 Å². The van der Waals surface area contributed by atoms with E-state index >= 15 is 0 Å². The Morgan fingerprint density at radius 1 is 0.909 bits per heavy atom. The van der Waals surface area contributed by atoms with E-state index in [1.165, 1.54) is 22.5 Å². The Bertz CT molecular complexity index is 1320. The van der Waals surface area contributed by atoms with Gasteiger partial charge >= 0.3 is 0 Å². The number of sulfonamides is 1. The van der Waals surface area contributed by atoms with Gasteiger partial charge in [0.2, 0.25) is 10.0 Å². The lowest BCUT2D eigenvalue weighted by molar-refractivity contribution is 0.102. The number of halogens is 1. The van der Waals surface area contributed by atoms with E-state index in [2.05, 4.69) is 5.32 Å². The number of nitrogens with one attached hydrogen (secondary N) is 1. The van der Waals surface area contributed by atoms with Crippen LogP contribution in [0.3, 0.4) is 0 Å². The van der Waals surface area contributed by atoms with Gasteiger partial charge in [0.25, 0.3) is 5.91 Å². The molecule has 6 nitrogen and oxygen atoms in total. The van der Waals surface area contributed by atoms with Gasteiger partial charge in [-0.2, -0.15) is 4.31 Å². The van der Waals surface area contributed by atoms with Gasteiger partial charge in [-0.3, -0.25) is 9.59 Å². The number of hydrogen-bond donors (Lipinski definition) is 1. The number of ketones is 1. The molecule has 3 aromatic carbocycles. The number of aryl methyl sites for hydroxylation is 1. The fraction of sp³-hybridized carbons (Fsp3) is 0.200. The van der Waals surface area contributed by atoms with Crippen LogP contribution in [0, 0.1) is 6.92 Å². The molecule has 3 aromatic rings. The summed E-state index contributed by atoms with van der Waals surface area (Å²) in [5.41, 5.74) is 1.86. The van der Waals surface area contributed by atoms with Crippen LogP contribution in [-0.4, -0.2) is 37.5 Å². The average molecular weight is 483 g/mol. The van der Waals surface area contributed by atoms with Crippen LogP contribution in [0.25, 0.3) is 0 Å². The summed E-state index contributed by atoms with van der Waals surface area (Å²) < 4.78 is 27.3. The van der Waals surface area contributed by atoms with Crippen molar-refractivity contribution in [3.05, 3.63) is 94.0 Å². The van der Waals surface area contributed by atoms with Crippen LogP contribution in [0.4, 0.5) is 5.69 Å². The summed E-state index contributed by atoms with van der Waals surface area (Å²) in [6, 6.07) is 17.9. The van der Waals surface area contributed by atoms with Crippen LogP contribution in [-0.2, 0) is 10.0 Å². The van der Waals surface area contributed by atoms with Crippen molar-refractivity contribution in [3.8, 4) is 0 Å². The SMILES string of the molecule is Cc1ccc(S(=O)(=O)N2CCCC2)cc1C(=O)Nc1ccc(Cl)cc1C(=O)c1ccccc1. The van der Waals surface area contributed by atoms with E-state index in [0.29, 0.717) is 34.9 Å². The number of nitrogens with zero attached hydrogens (tertiary/aromatic N) is 1. The molecule has 1 amide bonds. The minimum absolute atomic E-state index is 0.0804. The zero-order valence-electron chi connectivity index (χ0n) is 18.0. The van der Waals surface area contributed by atoms with E-state index in [0.717, 1.165) is 12.8 Å². The number of anilines is 1. The second-order valence-corrected chi connectivity index (χ2v) is 10.3. The topological polar surface area (TPSA) is 83.6 Å². The Hall–Kier alpha value is -3.00. The highest BCUT2D eigenvalue weighted by Crippen LogP contribution is 2.26. The lowest BCUT2D eigenvalue weighted by atomic mass is 10.0. The first kappa shape index (κ1) is 23.2. The van der Waals surface area contributed by atoms with Crippen molar-refractivity contribution in [1.29, 1.82) is 0 Å². The predicted molar refractivity (Wildman–Crippen MR) is 128 cm³/mol. The van der Waals surface area contributed by atoms with Crippen molar-refractivity contribution in [1.82, 2.24) is 4.31 Å². The quantitative estimate of drug-likeness (QED) is 0.505. The van der Waals surface area contributed by atoms with E-state index in [4.69, 9.17) is 11.6 Å². The summed E-state index contributed by atoms with van der Waals surface area (Å²) >= 11 is 6.12. The van der Waals surface area contributed by atoms with E-state index in [1.807, 2.05) is 6.07 Å². The third-order valence-corrected chi connectivity index (χ3v) is 7.80. The van der Waals surface area contributed by atoms with Gasteiger partial charge < -0.3 is 5.32 Å². The van der Waals surface area contributed by atoms with Crippen LogP contribution < -0.4 is 5.32 Å². The van der Waals surface area contributed by atoms with Crippen LogP contribution in [0.1, 0.15) is 44.7 Å². The molecule has 0 bridgehead atoms. The fourth-order valence-corrected chi connectivity index (χ4v) is 5.55. The standard InChI is InChI=1S/C25H23ClN2O4S/c1-17-9-11-20(33(31,32)28-13-5-6-14-28)16-21(17)25(30)27-23-12-10-19(26)15-22(23)24(29)18-7-3-2-4-8-18/h2-4,7-12,15-16H,5-6,13-14H2,1H3,(H,27,30). The van der Waals surface area contributed by atoms with Crippen LogP contribution >= 0.6 is 11.6 Å². The number of carbonyl (C=O) groups excluding carboxylic acids is 2. The first-order valence-electron chi connectivity index (χ1n) is 10.6. The minimum Gasteiger partial charge on any atom is -0.321 e. The minimum atomic E-state index is -3.67. The molecule has 0 unspecified atom stereocenters. The largest absolute Gasteiger partial charge is 0.321 e. The van der Waals surface area contributed by atoms with Gasteiger partial charge in [0.15, 0.2) is 5.78 Å². The molecule has 4 rings (SSSR count). The van der Waals surface area contributed by atoms with Crippen LogP contribution in [0.2, 0.25) is 5.02 Å². The van der Waals surface area contributed by atoms with Crippen molar-refractivity contribution < 1.29 is 18.0 Å². The molecule has 0 spiro atoms. The summed E-state index contributed by atoms with van der Waals surface area (Å²) in [6.07, 6.45) is 1.65. The van der Waals surface area contributed by atoms with Gasteiger partial charge in [-0.1, -0.05) is 48.0 Å². The summed E-state index contributed by atoms with van der Waals surface area (Å²) in [7, 11) is -3.67. The predicted octanol–water partition coefficient (Wildman–Crippen LogP) is 4.92. The molecule has 1 aliphatic rings. The van der Waals surface area contributed by atoms with Crippen LogP contribution in [0.15, 0.2) is 71.6 Å². The normalized spacial score (nSPS) is 14.2. The molecule has 1 aliphatic heterocycles. The molecule has 0 aliphatic carbocycles. The van der Waals surface area contributed by atoms with E-state index < -0.39 is 15.9 Å². The monoisotopic (exact) mass is 482 g/mol. The maximum atomic E-state index is 13.2. The smallest absolute Gasteiger partial charge is 0.255 e. The molecular weight excluding hydrogens is 460 g/mol. The third kappa shape index (κ3) is 4.85. The van der Waals surface area contributed by atoms with Gasteiger partial charge in [0, 0.05) is 34.8 Å². The van der Waals surface area contributed by atoms with Gasteiger partial charge in [-0.15, -0.1) is 0 Å². The van der Waals surface area contributed by atoms with Crippen molar-refractivity contribution in [2.24, 2.45) is 0 Å². The lowest BCUT2D eigenvalue weighted by Gasteiger charge is -2.17. The Kier molecular flexibility index (Phi) is 6.65. The maximum Gasteiger partial charge on any atom is 0.255 e. The Labute approximate surface area is 198 Å². The molecule has 8 heteroatoms. The van der Waals surface area contributed by atoms with Gasteiger partial charge in [0.1, 0.15) is 0 Å². The van der Waals surface area contributed by atoms with E-state index in [-0.39, 0.29) is 21.8 Å². The van der Waals surface area contributed by atoms with Crippen molar-refractivity contribution in [2.75, 3.05) is 18.4 Å². The molecular formula is C25H23ClN2O4S. The summed E-state index contributed by atoms with van der Waals surface area (Å²) in [5, 5.41) is 3.13. The molecule has 1 heterocycles. The van der Waals surface area contributed by atoms with E-state index in [9.17, 15) is 18.0 Å². The van der Waals surface area contributed by atoms with Gasteiger partial charge in [-0.05, 0) is 55.7 Å². The second kappa shape index (κ2) is 9.47. The molecule has 0 atom stereocenters. The molecule has 0 saturated carbocycles. The maximum absolute atomic E-state index is 13.2. The molecule has 0 radical (unpaired) electrons. The number of hydrogen-bond acceptors (Lipinski definition) is 4. The highest BCUT2D eigenvalue weighted by molar-refractivity contribution is 7.89. The Balaban J connectivity index is 1.66. The molecule has 170 valence electrons. The molecule has 0 aromatic heterocycles. The number of carbonyl (C=O) groups is 2. The summed E-state index contributed by atoms with van der Waals surface area (Å²) in [6.45, 7) is 2.69. The Morgan fingerprint density at radius 3 is 2.30 bits per heavy atom. The third-order valence-electron chi connectivity index (χ3n) is 5.67. The van der Waals surface area contributed by atoms with Crippen molar-refractivity contribution >= 4 is 39.0 Å². The highest BCUT2D eigenvalue weighted by Gasteiger charge is 2.28. The molecule has 1 saturated heterocycles. The molecule has 1 fully saturated rings. The highest BCUT2D eigenvalue weighted by atomic mass is 35.5. The number of benzene rings is 3. The van der Waals surface area contributed by atoms with Gasteiger partial charge in [-0.25, -0.2) is 8.42 Å². The lowest BCUT2D eigenvalue weighted by Crippen LogP contribution is -2.28. The zero-order chi connectivity index (χ0) is 23.6. The molecule has 33 heavy (non-hydrogen) atoms.